The summed E-state index contributed by atoms with van der Waals surface area (Å²) in [6, 6.07) is 24.6. The molecule has 0 bridgehead atoms. The van der Waals surface area contributed by atoms with E-state index in [0.29, 0.717) is 0 Å². The molecule has 0 radical (unpaired) electrons. The molecule has 3 aromatic carbocycles. The zero-order chi connectivity index (χ0) is 19.3. The minimum atomic E-state index is -0.446. The van der Waals surface area contributed by atoms with Gasteiger partial charge in [-0.15, -0.1) is 0 Å². The summed E-state index contributed by atoms with van der Waals surface area (Å²) in [4.78, 5) is 18.7. The van der Waals surface area contributed by atoms with E-state index in [1.807, 2.05) is 37.4 Å². The lowest BCUT2D eigenvalue weighted by Crippen LogP contribution is -2.32. The van der Waals surface area contributed by atoms with Crippen molar-refractivity contribution in [2.75, 3.05) is 7.05 Å². The second-order valence-corrected chi connectivity index (χ2v) is 7.93. The molecule has 0 atom stereocenters. The third-order valence-corrected chi connectivity index (χ3v) is 5.82. The standard InChI is InChI=1S/C24H19ClN2O/c1-27-22(26-24(13-14-24)23(27)28)19-11-9-17(10-12-19)16-5-7-18(8-6-16)20-3-2-4-21(25)15-20/h2-12,15H,13-14H2,1H3. The minimum absolute atomic E-state index is 0.128. The number of carbonyl (C=O) groups is 1. The Labute approximate surface area is 169 Å². The Balaban J connectivity index is 1.40. The molecule has 3 aromatic rings. The van der Waals surface area contributed by atoms with Crippen LogP contribution in [0.2, 0.25) is 5.02 Å². The molecule has 0 unspecified atom stereocenters. The van der Waals surface area contributed by atoms with Gasteiger partial charge in [0.05, 0.1) is 0 Å². The maximum absolute atomic E-state index is 12.3. The van der Waals surface area contributed by atoms with E-state index in [9.17, 15) is 4.79 Å². The van der Waals surface area contributed by atoms with Crippen molar-refractivity contribution in [3.05, 3.63) is 83.4 Å². The van der Waals surface area contributed by atoms with Crippen LogP contribution in [0.25, 0.3) is 22.3 Å². The first-order valence-corrected chi connectivity index (χ1v) is 9.78. The minimum Gasteiger partial charge on any atom is -0.298 e. The molecule has 1 heterocycles. The number of hydrogen-bond acceptors (Lipinski definition) is 2. The summed E-state index contributed by atoms with van der Waals surface area (Å²) in [7, 11) is 1.82. The molecule has 1 spiro atoms. The average molecular weight is 387 g/mol. The number of hydrogen-bond donors (Lipinski definition) is 0. The van der Waals surface area contributed by atoms with Gasteiger partial charge in [-0.1, -0.05) is 72.3 Å². The number of halogens is 1. The largest absolute Gasteiger partial charge is 0.298 e. The number of benzene rings is 3. The SMILES string of the molecule is CN1C(=O)C2(CC2)N=C1c1ccc(-c2ccc(-c3cccc(Cl)c3)cc2)cc1. The fraction of sp³-hybridized carbons (Fsp3) is 0.167. The lowest BCUT2D eigenvalue weighted by molar-refractivity contribution is -0.127. The fourth-order valence-corrected chi connectivity index (χ4v) is 3.96. The summed E-state index contributed by atoms with van der Waals surface area (Å²) >= 11 is 6.10. The molecular formula is C24H19ClN2O. The van der Waals surface area contributed by atoms with Crippen LogP contribution in [0.3, 0.4) is 0 Å². The molecular weight excluding hydrogens is 368 g/mol. The van der Waals surface area contributed by atoms with Crippen molar-refractivity contribution >= 4 is 23.3 Å². The molecule has 3 nitrogen and oxygen atoms in total. The van der Waals surface area contributed by atoms with E-state index in [0.717, 1.165) is 51.5 Å². The van der Waals surface area contributed by atoms with Crippen LogP contribution in [-0.4, -0.2) is 29.2 Å². The first-order chi connectivity index (χ1) is 13.6. The lowest BCUT2D eigenvalue weighted by Gasteiger charge is -2.13. The van der Waals surface area contributed by atoms with Gasteiger partial charge in [0.15, 0.2) is 0 Å². The summed E-state index contributed by atoms with van der Waals surface area (Å²) in [5, 5.41) is 0.739. The van der Waals surface area contributed by atoms with Gasteiger partial charge < -0.3 is 0 Å². The third-order valence-electron chi connectivity index (χ3n) is 5.58. The Morgan fingerprint density at radius 2 is 1.36 bits per heavy atom. The van der Waals surface area contributed by atoms with E-state index in [2.05, 4.69) is 42.5 Å². The van der Waals surface area contributed by atoms with Crippen molar-refractivity contribution < 1.29 is 4.79 Å². The molecule has 5 rings (SSSR count). The quantitative estimate of drug-likeness (QED) is 0.591. The third kappa shape index (κ3) is 2.83. The van der Waals surface area contributed by atoms with E-state index in [1.54, 1.807) is 4.90 Å². The highest BCUT2D eigenvalue weighted by molar-refractivity contribution is 6.30. The number of carbonyl (C=O) groups excluding carboxylic acids is 1. The molecule has 1 fully saturated rings. The highest BCUT2D eigenvalue weighted by Crippen LogP contribution is 2.45. The van der Waals surface area contributed by atoms with Crippen molar-refractivity contribution in [1.29, 1.82) is 0 Å². The molecule has 1 saturated carbocycles. The van der Waals surface area contributed by atoms with Gasteiger partial charge in [-0.3, -0.25) is 14.7 Å². The highest BCUT2D eigenvalue weighted by atomic mass is 35.5. The van der Waals surface area contributed by atoms with Gasteiger partial charge in [0.2, 0.25) is 0 Å². The average Bonchev–Trinajstić information content (AvgIpc) is 3.47. The summed E-state index contributed by atoms with van der Waals surface area (Å²) in [5.41, 5.74) is 5.06. The van der Waals surface area contributed by atoms with E-state index < -0.39 is 5.54 Å². The summed E-state index contributed by atoms with van der Waals surface area (Å²) in [6.45, 7) is 0. The van der Waals surface area contributed by atoms with Crippen LogP contribution in [0.1, 0.15) is 18.4 Å². The van der Waals surface area contributed by atoms with Crippen molar-refractivity contribution in [2.45, 2.75) is 18.4 Å². The molecule has 1 aliphatic heterocycles. The molecule has 1 amide bonds. The zero-order valence-electron chi connectivity index (χ0n) is 15.5. The van der Waals surface area contributed by atoms with E-state index in [-0.39, 0.29) is 5.91 Å². The second kappa shape index (κ2) is 6.32. The smallest absolute Gasteiger partial charge is 0.255 e. The molecule has 0 N–H and O–H groups in total. The number of nitrogens with zero attached hydrogens (tertiary/aromatic N) is 2. The maximum atomic E-state index is 12.3. The second-order valence-electron chi connectivity index (χ2n) is 7.50. The molecule has 4 heteroatoms. The van der Waals surface area contributed by atoms with Crippen molar-refractivity contribution in [3.63, 3.8) is 0 Å². The van der Waals surface area contributed by atoms with Crippen LogP contribution in [0, 0.1) is 0 Å². The molecule has 28 heavy (non-hydrogen) atoms. The predicted octanol–water partition coefficient (Wildman–Crippen LogP) is 5.43. The van der Waals surface area contributed by atoms with Crippen molar-refractivity contribution in [2.24, 2.45) is 4.99 Å². The normalized spacial score (nSPS) is 17.1. The van der Waals surface area contributed by atoms with Gasteiger partial charge in [0.25, 0.3) is 5.91 Å². The Kier molecular flexibility index (Phi) is 3.88. The Morgan fingerprint density at radius 1 is 0.821 bits per heavy atom. The molecule has 138 valence electrons. The van der Waals surface area contributed by atoms with Gasteiger partial charge in [0.1, 0.15) is 11.4 Å². The topological polar surface area (TPSA) is 32.7 Å². The van der Waals surface area contributed by atoms with E-state index in [1.165, 1.54) is 0 Å². The number of likely N-dealkylation sites (N-methyl/N-ethyl adjacent to an activating group) is 1. The zero-order valence-corrected chi connectivity index (χ0v) is 16.3. The summed E-state index contributed by atoms with van der Waals surface area (Å²) in [5.74, 6) is 0.911. The Hall–Kier alpha value is -2.91. The van der Waals surface area contributed by atoms with Crippen LogP contribution >= 0.6 is 11.6 Å². The first-order valence-electron chi connectivity index (χ1n) is 9.41. The monoisotopic (exact) mass is 386 g/mol. The number of amidine groups is 1. The van der Waals surface area contributed by atoms with Crippen LogP contribution in [0.4, 0.5) is 0 Å². The number of aliphatic imine (C=N–C) groups is 1. The number of rotatable bonds is 3. The Morgan fingerprint density at radius 3 is 1.86 bits per heavy atom. The van der Waals surface area contributed by atoms with Gasteiger partial charge in [-0.2, -0.15) is 0 Å². The molecule has 0 aromatic heterocycles. The van der Waals surface area contributed by atoms with Gasteiger partial charge in [-0.05, 0) is 47.2 Å². The van der Waals surface area contributed by atoms with Gasteiger partial charge >= 0.3 is 0 Å². The maximum Gasteiger partial charge on any atom is 0.255 e. The van der Waals surface area contributed by atoms with Crippen LogP contribution in [-0.2, 0) is 4.79 Å². The first kappa shape index (κ1) is 17.2. The molecule has 0 saturated heterocycles. The van der Waals surface area contributed by atoms with Crippen LogP contribution < -0.4 is 0 Å². The molecule has 2 aliphatic rings. The van der Waals surface area contributed by atoms with Crippen molar-refractivity contribution in [1.82, 2.24) is 4.90 Å². The lowest BCUT2D eigenvalue weighted by atomic mass is 9.99. The van der Waals surface area contributed by atoms with Crippen LogP contribution in [0.15, 0.2) is 77.8 Å². The predicted molar refractivity (Wildman–Crippen MR) is 114 cm³/mol. The van der Waals surface area contributed by atoms with Gasteiger partial charge in [0, 0.05) is 17.6 Å². The molecule has 1 aliphatic carbocycles. The summed E-state index contributed by atoms with van der Waals surface area (Å²) < 4.78 is 0. The number of amides is 1. The van der Waals surface area contributed by atoms with E-state index >= 15 is 0 Å². The highest BCUT2D eigenvalue weighted by Gasteiger charge is 2.56. The van der Waals surface area contributed by atoms with E-state index in [4.69, 9.17) is 16.6 Å². The summed E-state index contributed by atoms with van der Waals surface area (Å²) in [6.07, 6.45) is 1.74. The van der Waals surface area contributed by atoms with Crippen LogP contribution in [0.5, 0.6) is 0 Å². The van der Waals surface area contributed by atoms with Gasteiger partial charge in [-0.25, -0.2) is 0 Å². The fourth-order valence-electron chi connectivity index (χ4n) is 3.77. The Bertz CT molecular complexity index is 1100. The van der Waals surface area contributed by atoms with Crippen molar-refractivity contribution in [3.8, 4) is 22.3 Å².